The highest BCUT2D eigenvalue weighted by Crippen LogP contribution is 2.48. The standard InChI is InChI=1S/C26H18F3NO2/c27-26(28,29)22-14-8-7-13-21(22)25(18-9-3-1-4-10-18,19-11-5-2-6-12-19)20-15-16-23(24(31)32)30-17-20/h1-17H,(H,31,32). The van der Waals surface area contributed by atoms with Crippen LogP contribution in [0.2, 0.25) is 0 Å². The molecule has 0 spiro atoms. The Bertz CT molecular complexity index is 1180. The van der Waals surface area contributed by atoms with Crippen LogP contribution in [0.5, 0.6) is 0 Å². The van der Waals surface area contributed by atoms with Gasteiger partial charge >= 0.3 is 12.1 Å². The molecule has 0 saturated carbocycles. The summed E-state index contributed by atoms with van der Waals surface area (Å²) in [6.45, 7) is 0. The number of hydrogen-bond donors (Lipinski definition) is 1. The van der Waals surface area contributed by atoms with Gasteiger partial charge in [0.1, 0.15) is 5.69 Å². The number of aromatic carboxylic acids is 1. The van der Waals surface area contributed by atoms with Crippen LogP contribution in [-0.4, -0.2) is 16.1 Å². The van der Waals surface area contributed by atoms with Gasteiger partial charge in [0.2, 0.25) is 0 Å². The van der Waals surface area contributed by atoms with Gasteiger partial charge in [0.15, 0.2) is 0 Å². The van der Waals surface area contributed by atoms with Crippen LogP contribution in [0.3, 0.4) is 0 Å². The molecule has 0 amide bonds. The number of carbonyl (C=O) groups is 1. The number of pyridine rings is 1. The number of halogens is 3. The second-order valence-electron chi connectivity index (χ2n) is 7.26. The Morgan fingerprint density at radius 2 is 1.16 bits per heavy atom. The Balaban J connectivity index is 2.17. The topological polar surface area (TPSA) is 50.2 Å². The Morgan fingerprint density at radius 3 is 1.59 bits per heavy atom. The van der Waals surface area contributed by atoms with Gasteiger partial charge in [-0.25, -0.2) is 9.78 Å². The molecule has 160 valence electrons. The van der Waals surface area contributed by atoms with E-state index in [0.29, 0.717) is 16.7 Å². The molecule has 1 aromatic heterocycles. The molecule has 0 bridgehead atoms. The highest BCUT2D eigenvalue weighted by atomic mass is 19.4. The summed E-state index contributed by atoms with van der Waals surface area (Å²) in [5.74, 6) is -1.21. The largest absolute Gasteiger partial charge is 0.477 e. The summed E-state index contributed by atoms with van der Waals surface area (Å²) in [5.41, 5.74) is -0.659. The summed E-state index contributed by atoms with van der Waals surface area (Å²) < 4.78 is 42.6. The monoisotopic (exact) mass is 433 g/mol. The Morgan fingerprint density at radius 1 is 0.656 bits per heavy atom. The minimum atomic E-state index is -4.60. The lowest BCUT2D eigenvalue weighted by atomic mass is 9.64. The van der Waals surface area contributed by atoms with Crippen LogP contribution in [0.15, 0.2) is 103 Å². The van der Waals surface area contributed by atoms with Gasteiger partial charge in [-0.15, -0.1) is 0 Å². The van der Waals surface area contributed by atoms with Crippen LogP contribution >= 0.6 is 0 Å². The van der Waals surface area contributed by atoms with Crippen molar-refractivity contribution in [2.45, 2.75) is 11.6 Å². The molecule has 1 N–H and O–H groups in total. The molecule has 3 nitrogen and oxygen atoms in total. The maximum absolute atomic E-state index is 14.2. The van der Waals surface area contributed by atoms with Crippen molar-refractivity contribution >= 4 is 5.97 Å². The predicted molar refractivity (Wildman–Crippen MR) is 115 cm³/mol. The average molecular weight is 433 g/mol. The van der Waals surface area contributed by atoms with Crippen molar-refractivity contribution in [3.05, 3.63) is 137 Å². The Kier molecular flexibility index (Phi) is 5.53. The van der Waals surface area contributed by atoms with Gasteiger partial charge in [0, 0.05) is 6.20 Å². The first-order valence-corrected chi connectivity index (χ1v) is 9.82. The summed E-state index contributed by atoms with van der Waals surface area (Å²) in [7, 11) is 0. The fourth-order valence-electron chi connectivity index (χ4n) is 4.14. The van der Waals surface area contributed by atoms with Crippen molar-refractivity contribution in [2.24, 2.45) is 0 Å². The van der Waals surface area contributed by atoms with Crippen LogP contribution in [0.4, 0.5) is 13.2 Å². The molecular formula is C26H18F3NO2. The normalized spacial score (nSPS) is 11.8. The number of carboxylic acid groups (broad SMARTS) is 1. The molecule has 6 heteroatoms. The summed E-state index contributed by atoms with van der Waals surface area (Å²) in [6.07, 6.45) is -3.25. The fraction of sp³-hybridized carbons (Fsp3) is 0.0769. The molecule has 1 heterocycles. The van der Waals surface area contributed by atoms with Crippen molar-refractivity contribution < 1.29 is 23.1 Å². The molecule has 0 fully saturated rings. The number of benzene rings is 3. The minimum Gasteiger partial charge on any atom is -0.477 e. The van der Waals surface area contributed by atoms with Crippen LogP contribution in [-0.2, 0) is 11.6 Å². The zero-order chi connectivity index (χ0) is 22.8. The maximum atomic E-state index is 14.2. The van der Waals surface area contributed by atoms with E-state index in [1.54, 1.807) is 66.7 Å². The van der Waals surface area contributed by atoms with Crippen LogP contribution in [0.1, 0.15) is 38.3 Å². The van der Waals surface area contributed by atoms with Gasteiger partial charge in [-0.2, -0.15) is 13.2 Å². The first-order chi connectivity index (χ1) is 15.3. The lowest BCUT2D eigenvalue weighted by Crippen LogP contribution is -2.33. The van der Waals surface area contributed by atoms with Crippen LogP contribution in [0.25, 0.3) is 0 Å². The molecule has 3 aromatic carbocycles. The number of hydrogen-bond acceptors (Lipinski definition) is 2. The van der Waals surface area contributed by atoms with Gasteiger partial charge in [0.05, 0.1) is 11.0 Å². The molecule has 0 aliphatic heterocycles. The third-order valence-electron chi connectivity index (χ3n) is 5.47. The lowest BCUT2D eigenvalue weighted by molar-refractivity contribution is -0.138. The molecule has 4 aromatic rings. The third kappa shape index (κ3) is 3.64. The van der Waals surface area contributed by atoms with E-state index >= 15 is 0 Å². The van der Waals surface area contributed by atoms with E-state index in [4.69, 9.17) is 0 Å². The number of alkyl halides is 3. The number of aromatic nitrogens is 1. The van der Waals surface area contributed by atoms with Gasteiger partial charge in [-0.1, -0.05) is 84.9 Å². The molecule has 0 saturated heterocycles. The van der Waals surface area contributed by atoms with Crippen LogP contribution < -0.4 is 0 Å². The van der Waals surface area contributed by atoms with E-state index in [0.717, 1.165) is 6.07 Å². The third-order valence-corrected chi connectivity index (χ3v) is 5.47. The van der Waals surface area contributed by atoms with Crippen molar-refractivity contribution in [3.8, 4) is 0 Å². The SMILES string of the molecule is O=C(O)c1ccc(C(c2ccccc2)(c2ccccc2)c2ccccc2C(F)(F)F)cn1. The zero-order valence-electron chi connectivity index (χ0n) is 16.8. The number of nitrogens with zero attached hydrogens (tertiary/aromatic N) is 1. The van der Waals surface area contributed by atoms with Crippen LogP contribution in [0, 0.1) is 0 Å². The van der Waals surface area contributed by atoms with E-state index in [-0.39, 0.29) is 11.3 Å². The van der Waals surface area contributed by atoms with E-state index in [2.05, 4.69) is 4.98 Å². The highest BCUT2D eigenvalue weighted by Gasteiger charge is 2.45. The molecule has 0 atom stereocenters. The second-order valence-corrected chi connectivity index (χ2v) is 7.26. The summed E-state index contributed by atoms with van der Waals surface area (Å²) >= 11 is 0. The van der Waals surface area contributed by atoms with Gasteiger partial charge in [-0.05, 0) is 34.4 Å². The summed E-state index contributed by atoms with van der Waals surface area (Å²) in [6, 6.07) is 26.0. The zero-order valence-corrected chi connectivity index (χ0v) is 16.8. The molecular weight excluding hydrogens is 415 g/mol. The first kappa shape index (κ1) is 21.3. The number of carboxylic acids is 1. The lowest BCUT2D eigenvalue weighted by Gasteiger charge is -2.38. The van der Waals surface area contributed by atoms with E-state index in [1.165, 1.54) is 30.5 Å². The summed E-state index contributed by atoms with van der Waals surface area (Å²) in [5, 5.41) is 9.27. The van der Waals surface area contributed by atoms with Crippen molar-refractivity contribution in [1.82, 2.24) is 4.98 Å². The summed E-state index contributed by atoms with van der Waals surface area (Å²) in [4.78, 5) is 15.4. The van der Waals surface area contributed by atoms with Crippen molar-refractivity contribution in [2.75, 3.05) is 0 Å². The fourth-order valence-corrected chi connectivity index (χ4v) is 4.14. The van der Waals surface area contributed by atoms with Gasteiger partial charge < -0.3 is 5.11 Å². The Labute approximate surface area is 182 Å². The van der Waals surface area contributed by atoms with Crippen molar-refractivity contribution in [1.29, 1.82) is 0 Å². The minimum absolute atomic E-state index is 0.0368. The quantitative estimate of drug-likeness (QED) is 0.382. The smallest absolute Gasteiger partial charge is 0.416 e. The van der Waals surface area contributed by atoms with E-state index in [9.17, 15) is 23.1 Å². The molecule has 0 radical (unpaired) electrons. The first-order valence-electron chi connectivity index (χ1n) is 9.82. The molecule has 0 unspecified atom stereocenters. The van der Waals surface area contributed by atoms with Gasteiger partial charge in [0.25, 0.3) is 0 Å². The molecule has 0 aliphatic rings. The average Bonchev–Trinajstić information content (AvgIpc) is 2.81. The molecule has 0 aliphatic carbocycles. The van der Waals surface area contributed by atoms with Gasteiger partial charge in [-0.3, -0.25) is 0 Å². The second kappa shape index (κ2) is 8.30. The number of rotatable bonds is 5. The van der Waals surface area contributed by atoms with Crippen molar-refractivity contribution in [3.63, 3.8) is 0 Å². The Hall–Kier alpha value is -3.93. The van der Waals surface area contributed by atoms with E-state index in [1.807, 2.05) is 0 Å². The molecule has 4 rings (SSSR count). The van der Waals surface area contributed by atoms with E-state index < -0.39 is 23.1 Å². The highest BCUT2D eigenvalue weighted by molar-refractivity contribution is 5.85. The predicted octanol–water partition coefficient (Wildman–Crippen LogP) is 6.18. The molecule has 32 heavy (non-hydrogen) atoms. The maximum Gasteiger partial charge on any atom is 0.416 e.